The number of ether oxygens (including phenoxy) is 1. The molecular formula is C14H21NO3. The lowest BCUT2D eigenvalue weighted by atomic mass is 9.99. The van der Waals surface area contributed by atoms with E-state index in [1.54, 1.807) is 0 Å². The number of carboxylic acids is 1. The number of hydrogen-bond acceptors (Lipinski definition) is 3. The minimum Gasteiger partial charge on any atom is -0.488 e. The van der Waals surface area contributed by atoms with E-state index in [9.17, 15) is 4.79 Å². The summed E-state index contributed by atoms with van der Waals surface area (Å²) in [7, 11) is 0. The molecule has 0 saturated carbocycles. The van der Waals surface area contributed by atoms with Crippen LogP contribution in [-0.4, -0.2) is 22.7 Å². The standard InChI is InChI=1S/C14H21NO3/c1-4-10-5-7-11(8-6-10)18-14(2,3)9-12(15)13(16)17/h5-8,12H,4,9,15H2,1-3H3,(H,16,17). The Morgan fingerprint density at radius 2 is 1.94 bits per heavy atom. The summed E-state index contributed by atoms with van der Waals surface area (Å²) in [6.45, 7) is 5.76. The second-order valence-electron chi connectivity index (χ2n) is 5.01. The Kier molecular flexibility index (Phi) is 4.73. The average Bonchev–Trinajstić information content (AvgIpc) is 2.28. The molecule has 0 fully saturated rings. The second-order valence-corrected chi connectivity index (χ2v) is 5.01. The maximum atomic E-state index is 10.7. The van der Waals surface area contributed by atoms with Crippen molar-refractivity contribution < 1.29 is 14.6 Å². The van der Waals surface area contributed by atoms with Gasteiger partial charge in [0.2, 0.25) is 0 Å². The molecule has 4 nitrogen and oxygen atoms in total. The molecule has 0 aliphatic carbocycles. The van der Waals surface area contributed by atoms with Crippen LogP contribution in [0.5, 0.6) is 5.75 Å². The highest BCUT2D eigenvalue weighted by Crippen LogP contribution is 2.22. The Morgan fingerprint density at radius 3 is 2.39 bits per heavy atom. The van der Waals surface area contributed by atoms with E-state index in [-0.39, 0.29) is 6.42 Å². The van der Waals surface area contributed by atoms with Gasteiger partial charge >= 0.3 is 5.97 Å². The van der Waals surface area contributed by atoms with Crippen LogP contribution in [0.2, 0.25) is 0 Å². The van der Waals surface area contributed by atoms with E-state index in [2.05, 4.69) is 6.92 Å². The Bertz CT molecular complexity index is 398. The van der Waals surface area contributed by atoms with Crippen molar-refractivity contribution in [1.29, 1.82) is 0 Å². The number of carbonyl (C=O) groups is 1. The number of aliphatic carboxylic acids is 1. The number of rotatable bonds is 6. The van der Waals surface area contributed by atoms with E-state index >= 15 is 0 Å². The fourth-order valence-corrected chi connectivity index (χ4v) is 1.77. The average molecular weight is 251 g/mol. The van der Waals surface area contributed by atoms with Gasteiger partial charge in [-0.2, -0.15) is 0 Å². The summed E-state index contributed by atoms with van der Waals surface area (Å²) >= 11 is 0. The van der Waals surface area contributed by atoms with Gasteiger partial charge < -0.3 is 15.6 Å². The molecule has 0 heterocycles. The van der Waals surface area contributed by atoms with Gasteiger partial charge in [-0.25, -0.2) is 0 Å². The normalized spacial score (nSPS) is 13.1. The first kappa shape index (κ1) is 14.5. The van der Waals surface area contributed by atoms with Crippen molar-refractivity contribution in [3.05, 3.63) is 29.8 Å². The lowest BCUT2D eigenvalue weighted by Crippen LogP contribution is -2.41. The SMILES string of the molecule is CCc1ccc(OC(C)(C)CC(N)C(=O)O)cc1. The van der Waals surface area contributed by atoms with Gasteiger partial charge in [0.15, 0.2) is 0 Å². The van der Waals surface area contributed by atoms with Crippen LogP contribution in [0.4, 0.5) is 0 Å². The smallest absolute Gasteiger partial charge is 0.320 e. The molecule has 0 spiro atoms. The molecule has 3 N–H and O–H groups in total. The van der Waals surface area contributed by atoms with Crippen LogP contribution in [0, 0.1) is 0 Å². The molecule has 0 aromatic heterocycles. The molecule has 100 valence electrons. The molecule has 1 rings (SSSR count). The molecular weight excluding hydrogens is 230 g/mol. The molecule has 18 heavy (non-hydrogen) atoms. The zero-order chi connectivity index (χ0) is 13.8. The Balaban J connectivity index is 2.66. The fourth-order valence-electron chi connectivity index (χ4n) is 1.77. The van der Waals surface area contributed by atoms with Crippen molar-refractivity contribution in [2.24, 2.45) is 5.73 Å². The number of nitrogens with two attached hydrogens (primary N) is 1. The van der Waals surface area contributed by atoms with E-state index in [0.717, 1.165) is 12.2 Å². The lowest BCUT2D eigenvalue weighted by molar-refractivity contribution is -0.139. The molecule has 1 atom stereocenters. The minimum atomic E-state index is -1.01. The highest BCUT2D eigenvalue weighted by atomic mass is 16.5. The zero-order valence-corrected chi connectivity index (χ0v) is 11.1. The first-order valence-corrected chi connectivity index (χ1v) is 6.10. The molecule has 0 bridgehead atoms. The number of aryl methyl sites for hydroxylation is 1. The molecule has 0 saturated heterocycles. The van der Waals surface area contributed by atoms with Crippen LogP contribution >= 0.6 is 0 Å². The number of hydrogen-bond donors (Lipinski definition) is 2. The molecule has 1 unspecified atom stereocenters. The van der Waals surface area contributed by atoms with E-state index in [1.165, 1.54) is 5.56 Å². The van der Waals surface area contributed by atoms with Crippen LogP contribution in [0.25, 0.3) is 0 Å². The maximum absolute atomic E-state index is 10.7. The third-order valence-corrected chi connectivity index (χ3v) is 2.75. The minimum absolute atomic E-state index is 0.262. The number of benzene rings is 1. The zero-order valence-electron chi connectivity index (χ0n) is 11.1. The van der Waals surface area contributed by atoms with Crippen LogP contribution in [-0.2, 0) is 11.2 Å². The van der Waals surface area contributed by atoms with E-state index in [1.807, 2.05) is 38.1 Å². The van der Waals surface area contributed by atoms with Gasteiger partial charge in [-0.3, -0.25) is 4.79 Å². The molecule has 1 aromatic carbocycles. The number of carboxylic acid groups (broad SMARTS) is 1. The quantitative estimate of drug-likeness (QED) is 0.813. The molecule has 4 heteroatoms. The Morgan fingerprint density at radius 1 is 1.39 bits per heavy atom. The van der Waals surface area contributed by atoms with Crippen molar-refractivity contribution in [3.8, 4) is 5.75 Å². The largest absolute Gasteiger partial charge is 0.488 e. The van der Waals surface area contributed by atoms with Crippen LogP contribution in [0.15, 0.2) is 24.3 Å². The van der Waals surface area contributed by atoms with Crippen molar-refractivity contribution in [2.75, 3.05) is 0 Å². The highest BCUT2D eigenvalue weighted by molar-refractivity contribution is 5.73. The van der Waals surface area contributed by atoms with Crippen molar-refractivity contribution in [2.45, 2.75) is 45.3 Å². The topological polar surface area (TPSA) is 72.5 Å². The van der Waals surface area contributed by atoms with Gasteiger partial charge in [-0.05, 0) is 38.0 Å². The van der Waals surface area contributed by atoms with E-state index in [4.69, 9.17) is 15.6 Å². The van der Waals surface area contributed by atoms with E-state index in [0.29, 0.717) is 0 Å². The van der Waals surface area contributed by atoms with Crippen molar-refractivity contribution in [3.63, 3.8) is 0 Å². The van der Waals surface area contributed by atoms with Gasteiger partial charge in [0.05, 0.1) is 0 Å². The first-order chi connectivity index (χ1) is 8.34. The predicted molar refractivity (Wildman–Crippen MR) is 70.8 cm³/mol. The third-order valence-electron chi connectivity index (χ3n) is 2.75. The van der Waals surface area contributed by atoms with Crippen LogP contribution in [0.3, 0.4) is 0 Å². The summed E-state index contributed by atoms with van der Waals surface area (Å²) in [6, 6.07) is 6.89. The summed E-state index contributed by atoms with van der Waals surface area (Å²) < 4.78 is 5.78. The highest BCUT2D eigenvalue weighted by Gasteiger charge is 2.26. The third kappa shape index (κ3) is 4.37. The molecule has 1 aromatic rings. The summed E-state index contributed by atoms with van der Waals surface area (Å²) in [5.74, 6) is -0.275. The van der Waals surface area contributed by atoms with Crippen molar-refractivity contribution in [1.82, 2.24) is 0 Å². The maximum Gasteiger partial charge on any atom is 0.320 e. The molecule has 0 amide bonds. The van der Waals surface area contributed by atoms with Crippen molar-refractivity contribution >= 4 is 5.97 Å². The van der Waals surface area contributed by atoms with Gasteiger partial charge in [0.25, 0.3) is 0 Å². The van der Waals surface area contributed by atoms with Gasteiger partial charge in [0.1, 0.15) is 17.4 Å². The molecule has 0 radical (unpaired) electrons. The lowest BCUT2D eigenvalue weighted by Gasteiger charge is -2.28. The summed E-state index contributed by atoms with van der Waals surface area (Å²) in [6.07, 6.45) is 1.24. The molecule has 0 aliphatic heterocycles. The first-order valence-electron chi connectivity index (χ1n) is 6.10. The summed E-state index contributed by atoms with van der Waals surface area (Å²) in [4.78, 5) is 10.7. The predicted octanol–water partition coefficient (Wildman–Crippen LogP) is 2.21. The monoisotopic (exact) mass is 251 g/mol. The van der Waals surface area contributed by atoms with E-state index < -0.39 is 17.6 Å². The summed E-state index contributed by atoms with van der Waals surface area (Å²) in [5.41, 5.74) is 6.16. The van der Waals surface area contributed by atoms with Gasteiger partial charge in [-0.15, -0.1) is 0 Å². The second kappa shape index (κ2) is 5.87. The summed E-state index contributed by atoms with van der Waals surface area (Å²) in [5, 5.41) is 8.80. The van der Waals surface area contributed by atoms with Crippen LogP contribution < -0.4 is 10.5 Å². The Hall–Kier alpha value is -1.55. The van der Waals surface area contributed by atoms with Gasteiger partial charge in [-0.1, -0.05) is 19.1 Å². The van der Waals surface area contributed by atoms with Gasteiger partial charge in [0, 0.05) is 6.42 Å². The Labute approximate surface area is 108 Å². The molecule has 0 aliphatic rings. The fraction of sp³-hybridized carbons (Fsp3) is 0.500. The van der Waals surface area contributed by atoms with Crippen LogP contribution in [0.1, 0.15) is 32.8 Å².